The summed E-state index contributed by atoms with van der Waals surface area (Å²) in [6, 6.07) is 5.74. The second-order valence-electron chi connectivity index (χ2n) is 7.80. The molecule has 0 bridgehead atoms. The van der Waals surface area contributed by atoms with Crippen LogP contribution in [0.3, 0.4) is 0 Å². The molecule has 0 radical (unpaired) electrons. The normalized spacial score (nSPS) is 16.6. The van der Waals surface area contributed by atoms with E-state index >= 15 is 0 Å². The topological polar surface area (TPSA) is 109 Å². The van der Waals surface area contributed by atoms with Crippen LogP contribution < -0.4 is 15.4 Å². The highest BCUT2D eigenvalue weighted by molar-refractivity contribution is 6.06. The van der Waals surface area contributed by atoms with Crippen LogP contribution in [-0.2, 0) is 11.2 Å². The molecule has 1 fully saturated rings. The van der Waals surface area contributed by atoms with Crippen LogP contribution in [0.1, 0.15) is 16.1 Å². The van der Waals surface area contributed by atoms with E-state index in [0.29, 0.717) is 46.9 Å². The van der Waals surface area contributed by atoms with Gasteiger partial charge in [-0.25, -0.2) is 8.78 Å². The Balaban J connectivity index is 1.59. The molecule has 1 saturated heterocycles. The summed E-state index contributed by atoms with van der Waals surface area (Å²) in [6.45, 7) is 0.178. The van der Waals surface area contributed by atoms with Gasteiger partial charge in [0.1, 0.15) is 12.4 Å². The molecule has 4 heterocycles. The number of aromatic nitrogens is 2. The van der Waals surface area contributed by atoms with E-state index in [9.17, 15) is 18.7 Å². The fourth-order valence-corrected chi connectivity index (χ4v) is 3.77. The van der Waals surface area contributed by atoms with Crippen molar-refractivity contribution >= 4 is 17.3 Å². The number of rotatable bonds is 6. The molecular formula is C22H20F2N4O4. The molecule has 0 saturated carbocycles. The van der Waals surface area contributed by atoms with Crippen LogP contribution >= 0.6 is 0 Å². The van der Waals surface area contributed by atoms with Crippen LogP contribution in [0.5, 0.6) is 11.5 Å². The van der Waals surface area contributed by atoms with E-state index < -0.39 is 17.2 Å². The van der Waals surface area contributed by atoms with Gasteiger partial charge in [-0.3, -0.25) is 9.78 Å². The lowest BCUT2D eigenvalue weighted by atomic mass is 10.0. The summed E-state index contributed by atoms with van der Waals surface area (Å²) in [5.74, 6) is -1.37. The molecule has 1 aromatic carbocycles. The molecule has 166 valence electrons. The van der Waals surface area contributed by atoms with Gasteiger partial charge >= 0.3 is 0 Å². The molecule has 10 heteroatoms. The van der Waals surface area contributed by atoms with Crippen molar-refractivity contribution in [2.75, 3.05) is 31.7 Å². The fourth-order valence-electron chi connectivity index (χ4n) is 3.77. The van der Waals surface area contributed by atoms with E-state index in [2.05, 4.69) is 20.6 Å². The summed E-state index contributed by atoms with van der Waals surface area (Å²) >= 11 is 0. The number of H-pyrrole nitrogens is 1. The predicted octanol–water partition coefficient (Wildman–Crippen LogP) is 3.07. The fraction of sp³-hybridized carbons (Fsp3) is 0.273. The first-order valence-corrected chi connectivity index (χ1v) is 10.1. The predicted molar refractivity (Wildman–Crippen MR) is 112 cm³/mol. The number of nitrogens with zero attached hydrogens (tertiary/aromatic N) is 1. The summed E-state index contributed by atoms with van der Waals surface area (Å²) in [5.41, 5.74) is 0.922. The first-order chi connectivity index (χ1) is 15.5. The zero-order valence-electron chi connectivity index (χ0n) is 16.9. The maximum absolute atomic E-state index is 14.4. The van der Waals surface area contributed by atoms with Crippen molar-refractivity contribution in [3.8, 4) is 22.8 Å². The zero-order valence-corrected chi connectivity index (χ0v) is 16.9. The number of phenols is 1. The highest BCUT2D eigenvalue weighted by Gasteiger charge is 2.40. The number of hydrogen-bond donors (Lipinski definition) is 4. The molecule has 0 unspecified atom stereocenters. The number of hydrogen-bond acceptors (Lipinski definition) is 6. The number of anilines is 2. The van der Waals surface area contributed by atoms with Crippen molar-refractivity contribution in [1.82, 2.24) is 15.3 Å². The number of carbonyl (C=O) groups excluding carboxylic acids is 1. The maximum atomic E-state index is 14.4. The number of carbonyl (C=O) groups is 1. The lowest BCUT2D eigenvalue weighted by Crippen LogP contribution is -2.50. The number of phenolic OH excluding ortho intramolecular Hbond substituents is 1. The Bertz CT molecular complexity index is 1190. The molecule has 0 aliphatic carbocycles. The molecule has 1 amide bonds. The van der Waals surface area contributed by atoms with Gasteiger partial charge in [0.2, 0.25) is 0 Å². The van der Waals surface area contributed by atoms with Crippen LogP contribution in [0.15, 0.2) is 36.7 Å². The van der Waals surface area contributed by atoms with Crippen molar-refractivity contribution in [3.05, 3.63) is 53.7 Å². The quantitative estimate of drug-likeness (QED) is 0.437. The number of pyridine rings is 1. The Labute approximate surface area is 181 Å². The van der Waals surface area contributed by atoms with E-state index in [1.54, 1.807) is 12.3 Å². The van der Waals surface area contributed by atoms with Crippen LogP contribution in [0.25, 0.3) is 11.3 Å². The Hall–Kier alpha value is -3.66. The first kappa shape index (κ1) is 20.3. The number of fused-ring (bicyclic) bond motifs is 1. The Morgan fingerprint density at radius 2 is 2.16 bits per heavy atom. The van der Waals surface area contributed by atoms with Gasteiger partial charge in [-0.2, -0.15) is 0 Å². The average Bonchev–Trinajstić information content (AvgIpc) is 3.14. The molecular weight excluding hydrogens is 422 g/mol. The minimum Gasteiger partial charge on any atom is -0.503 e. The molecule has 2 aromatic heterocycles. The second-order valence-corrected chi connectivity index (χ2v) is 7.80. The maximum Gasteiger partial charge on any atom is 0.255 e. The molecule has 2 aliphatic rings. The van der Waals surface area contributed by atoms with E-state index in [0.717, 1.165) is 6.07 Å². The van der Waals surface area contributed by atoms with Crippen LogP contribution in [0.2, 0.25) is 0 Å². The molecule has 4 N–H and O–H groups in total. The summed E-state index contributed by atoms with van der Waals surface area (Å²) in [7, 11) is 0. The van der Waals surface area contributed by atoms with Crippen LogP contribution in [0.4, 0.5) is 20.2 Å². The highest BCUT2D eigenvalue weighted by atomic mass is 19.1. The van der Waals surface area contributed by atoms with Gasteiger partial charge in [-0.15, -0.1) is 0 Å². The van der Waals surface area contributed by atoms with Gasteiger partial charge in [-0.05, 0) is 18.2 Å². The Kier molecular flexibility index (Phi) is 4.93. The Morgan fingerprint density at radius 3 is 2.94 bits per heavy atom. The lowest BCUT2D eigenvalue weighted by molar-refractivity contribution is -0.146. The third kappa shape index (κ3) is 3.52. The number of alkyl halides is 1. The largest absolute Gasteiger partial charge is 0.503 e. The van der Waals surface area contributed by atoms with Crippen molar-refractivity contribution < 1.29 is 28.2 Å². The zero-order chi connectivity index (χ0) is 22.3. The first-order valence-electron chi connectivity index (χ1n) is 10.1. The minimum atomic E-state index is -1.56. The van der Waals surface area contributed by atoms with Crippen molar-refractivity contribution in [1.29, 1.82) is 0 Å². The summed E-state index contributed by atoms with van der Waals surface area (Å²) < 4.78 is 39.0. The molecule has 32 heavy (non-hydrogen) atoms. The van der Waals surface area contributed by atoms with Crippen molar-refractivity contribution in [2.24, 2.45) is 0 Å². The van der Waals surface area contributed by atoms with E-state index in [-0.39, 0.29) is 31.4 Å². The number of aromatic amines is 1. The standard InChI is InChI=1S/C22H20F2N4O4/c23-13-2-1-3-15(20(13)29)28-19-17-14(5-7-26-21(17)30)27-18(19)12-4-6-25-8-16(12)32-11-22(24)9-31-10-22/h1-4,6,8,27-29H,5,7,9-11H2,(H,26,30). The van der Waals surface area contributed by atoms with E-state index in [1.807, 2.05) is 0 Å². The number of para-hydroxylation sites is 1. The second kappa shape index (κ2) is 7.79. The third-order valence-electron chi connectivity index (χ3n) is 5.47. The molecule has 0 spiro atoms. The smallest absolute Gasteiger partial charge is 0.255 e. The van der Waals surface area contributed by atoms with Gasteiger partial charge in [0.15, 0.2) is 17.2 Å². The molecule has 2 aliphatic heterocycles. The number of aromatic hydroxyl groups is 1. The number of amides is 1. The molecule has 0 atom stereocenters. The SMILES string of the molecule is O=C1NCCc2[nH]c(-c3ccncc3OCC3(F)COC3)c(Nc3cccc(F)c3O)c21. The summed E-state index contributed by atoms with van der Waals surface area (Å²) in [4.78, 5) is 20.0. The van der Waals surface area contributed by atoms with Crippen molar-refractivity contribution in [2.45, 2.75) is 12.1 Å². The van der Waals surface area contributed by atoms with E-state index in [4.69, 9.17) is 9.47 Å². The highest BCUT2D eigenvalue weighted by Crippen LogP contribution is 2.42. The molecule has 3 aromatic rings. The molecule has 5 rings (SSSR count). The Morgan fingerprint density at radius 1 is 1.31 bits per heavy atom. The summed E-state index contributed by atoms with van der Waals surface area (Å²) in [5, 5.41) is 15.9. The van der Waals surface area contributed by atoms with Gasteiger partial charge in [0.05, 0.1) is 42.0 Å². The number of ether oxygens (including phenoxy) is 2. The monoisotopic (exact) mass is 442 g/mol. The lowest BCUT2D eigenvalue weighted by Gasteiger charge is -2.33. The van der Waals surface area contributed by atoms with Gasteiger partial charge in [0.25, 0.3) is 5.91 Å². The van der Waals surface area contributed by atoms with Gasteiger partial charge in [-0.1, -0.05) is 6.07 Å². The third-order valence-corrected chi connectivity index (χ3v) is 5.47. The minimum absolute atomic E-state index is 0.0365. The average molecular weight is 442 g/mol. The van der Waals surface area contributed by atoms with E-state index in [1.165, 1.54) is 18.3 Å². The number of nitrogens with one attached hydrogen (secondary N) is 3. The number of benzene rings is 1. The van der Waals surface area contributed by atoms with Crippen LogP contribution in [0, 0.1) is 5.82 Å². The van der Waals surface area contributed by atoms with Crippen molar-refractivity contribution in [3.63, 3.8) is 0 Å². The summed E-state index contributed by atoms with van der Waals surface area (Å²) in [6.07, 6.45) is 3.56. The van der Waals surface area contributed by atoms with Crippen LogP contribution in [-0.4, -0.2) is 53.0 Å². The van der Waals surface area contributed by atoms with Gasteiger partial charge < -0.3 is 30.2 Å². The van der Waals surface area contributed by atoms with Gasteiger partial charge in [0, 0.05) is 30.4 Å². The molecule has 8 nitrogen and oxygen atoms in total. The number of halogens is 2.